The van der Waals surface area contributed by atoms with Crippen LogP contribution in [0.2, 0.25) is 0 Å². The molecule has 0 bridgehead atoms. The number of aliphatic hydroxyl groups is 1. The van der Waals surface area contributed by atoms with E-state index in [2.05, 4.69) is 0 Å². The van der Waals surface area contributed by atoms with Gasteiger partial charge in [-0.15, -0.1) is 0 Å². The summed E-state index contributed by atoms with van der Waals surface area (Å²) in [4.78, 5) is 0. The Morgan fingerprint density at radius 3 is 2.20 bits per heavy atom. The summed E-state index contributed by atoms with van der Waals surface area (Å²) in [5.41, 5.74) is -0.185. The maximum absolute atomic E-state index is 10.4. The Kier molecular flexibility index (Phi) is 2.54. The summed E-state index contributed by atoms with van der Waals surface area (Å²) in [6, 6.07) is 0. The molecule has 86 valence electrons. The predicted octanol–water partition coefficient (Wildman–Crippen LogP) is 3.51. The van der Waals surface area contributed by atoms with Crippen LogP contribution in [0.4, 0.5) is 0 Å². The molecule has 2 unspecified atom stereocenters. The Balaban J connectivity index is 1.46. The predicted molar refractivity (Wildman–Crippen MR) is 61.6 cm³/mol. The molecule has 3 fully saturated rings. The topological polar surface area (TPSA) is 20.2 Å². The van der Waals surface area contributed by atoms with Gasteiger partial charge < -0.3 is 5.11 Å². The molecule has 0 amide bonds. The first-order valence-corrected chi connectivity index (χ1v) is 7.03. The maximum atomic E-state index is 10.4. The number of rotatable bonds is 3. The summed E-state index contributed by atoms with van der Waals surface area (Å²) in [5.74, 6) is 2.37. The molecule has 0 aromatic rings. The van der Waals surface area contributed by atoms with Crippen LogP contribution in [0.15, 0.2) is 0 Å². The lowest BCUT2D eigenvalue weighted by atomic mass is 9.84. The van der Waals surface area contributed by atoms with Gasteiger partial charge in [0.15, 0.2) is 0 Å². The van der Waals surface area contributed by atoms with Crippen molar-refractivity contribution in [1.29, 1.82) is 0 Å². The highest BCUT2D eigenvalue weighted by molar-refractivity contribution is 5.14. The third kappa shape index (κ3) is 1.73. The summed E-state index contributed by atoms with van der Waals surface area (Å²) in [6.07, 6.45) is 13.6. The summed E-state index contributed by atoms with van der Waals surface area (Å²) >= 11 is 0. The van der Waals surface area contributed by atoms with E-state index in [4.69, 9.17) is 0 Å². The zero-order chi connectivity index (χ0) is 10.3. The van der Waals surface area contributed by atoms with Crippen LogP contribution in [0.5, 0.6) is 0 Å². The molecule has 0 radical (unpaired) electrons. The molecule has 3 aliphatic rings. The van der Waals surface area contributed by atoms with Crippen LogP contribution >= 0.6 is 0 Å². The average molecular weight is 208 g/mol. The number of fused-ring (bicyclic) bond motifs is 1. The molecular weight excluding hydrogens is 184 g/mol. The van der Waals surface area contributed by atoms with E-state index in [0.29, 0.717) is 11.8 Å². The SMILES string of the molecule is OC1(CCC2CCCCC2)C2CCCC21. The highest BCUT2D eigenvalue weighted by Crippen LogP contribution is 2.62. The van der Waals surface area contributed by atoms with Crippen LogP contribution < -0.4 is 0 Å². The first kappa shape index (κ1) is 10.1. The first-order valence-electron chi connectivity index (χ1n) is 7.03. The van der Waals surface area contributed by atoms with E-state index >= 15 is 0 Å². The minimum Gasteiger partial charge on any atom is -0.389 e. The Bertz CT molecular complexity index is 219. The quantitative estimate of drug-likeness (QED) is 0.752. The molecule has 15 heavy (non-hydrogen) atoms. The molecule has 3 rings (SSSR count). The van der Waals surface area contributed by atoms with Crippen LogP contribution in [-0.4, -0.2) is 10.7 Å². The number of hydrogen-bond donors (Lipinski definition) is 1. The lowest BCUT2D eigenvalue weighted by Crippen LogP contribution is -2.18. The Morgan fingerprint density at radius 2 is 1.53 bits per heavy atom. The molecule has 2 atom stereocenters. The van der Waals surface area contributed by atoms with E-state index in [0.717, 1.165) is 12.3 Å². The third-order valence-corrected chi connectivity index (χ3v) is 5.37. The zero-order valence-electron chi connectivity index (χ0n) is 9.75. The number of hydrogen-bond acceptors (Lipinski definition) is 1. The molecule has 0 aromatic carbocycles. The van der Waals surface area contributed by atoms with Gasteiger partial charge in [0.25, 0.3) is 0 Å². The molecule has 1 N–H and O–H groups in total. The van der Waals surface area contributed by atoms with Crippen molar-refractivity contribution < 1.29 is 5.11 Å². The lowest BCUT2D eigenvalue weighted by molar-refractivity contribution is 0.0860. The van der Waals surface area contributed by atoms with Crippen molar-refractivity contribution in [1.82, 2.24) is 0 Å². The molecule has 3 saturated carbocycles. The van der Waals surface area contributed by atoms with Gasteiger partial charge in [-0.1, -0.05) is 38.5 Å². The van der Waals surface area contributed by atoms with Crippen LogP contribution in [0.3, 0.4) is 0 Å². The molecule has 3 aliphatic carbocycles. The van der Waals surface area contributed by atoms with E-state index in [1.165, 1.54) is 57.8 Å². The zero-order valence-corrected chi connectivity index (χ0v) is 9.75. The standard InChI is InChI=1S/C14H24O/c15-14(12-7-4-8-13(12)14)10-9-11-5-2-1-3-6-11/h11-13,15H,1-10H2. The van der Waals surface area contributed by atoms with Crippen molar-refractivity contribution in [3.8, 4) is 0 Å². The van der Waals surface area contributed by atoms with Crippen molar-refractivity contribution in [3.05, 3.63) is 0 Å². The van der Waals surface area contributed by atoms with Gasteiger partial charge in [-0.05, 0) is 43.4 Å². The molecule has 0 aromatic heterocycles. The Morgan fingerprint density at radius 1 is 0.867 bits per heavy atom. The van der Waals surface area contributed by atoms with Gasteiger partial charge in [0.05, 0.1) is 5.60 Å². The fourth-order valence-electron chi connectivity index (χ4n) is 4.33. The molecular formula is C14H24O. The van der Waals surface area contributed by atoms with Crippen LogP contribution in [0, 0.1) is 17.8 Å². The van der Waals surface area contributed by atoms with E-state index in [9.17, 15) is 5.11 Å². The summed E-state index contributed by atoms with van der Waals surface area (Å²) in [5, 5.41) is 10.4. The van der Waals surface area contributed by atoms with Gasteiger partial charge in [-0.25, -0.2) is 0 Å². The van der Waals surface area contributed by atoms with Crippen LogP contribution in [-0.2, 0) is 0 Å². The van der Waals surface area contributed by atoms with Crippen molar-refractivity contribution in [3.63, 3.8) is 0 Å². The highest BCUT2D eigenvalue weighted by Gasteiger charge is 2.64. The smallest absolute Gasteiger partial charge is 0.0711 e. The van der Waals surface area contributed by atoms with Gasteiger partial charge in [-0.3, -0.25) is 0 Å². The molecule has 0 saturated heterocycles. The summed E-state index contributed by atoms with van der Waals surface area (Å²) in [6.45, 7) is 0. The molecule has 1 heteroatoms. The van der Waals surface area contributed by atoms with Crippen molar-refractivity contribution >= 4 is 0 Å². The summed E-state index contributed by atoms with van der Waals surface area (Å²) < 4.78 is 0. The van der Waals surface area contributed by atoms with E-state index in [1.54, 1.807) is 0 Å². The van der Waals surface area contributed by atoms with Gasteiger partial charge in [0.2, 0.25) is 0 Å². The normalized spacial score (nSPS) is 45.4. The fraction of sp³-hybridized carbons (Fsp3) is 1.00. The van der Waals surface area contributed by atoms with Crippen LogP contribution in [0.1, 0.15) is 64.2 Å². The Hall–Kier alpha value is -0.0400. The minimum atomic E-state index is -0.185. The van der Waals surface area contributed by atoms with E-state index < -0.39 is 0 Å². The lowest BCUT2D eigenvalue weighted by Gasteiger charge is -2.23. The largest absolute Gasteiger partial charge is 0.389 e. The second kappa shape index (κ2) is 3.76. The second-order valence-corrected chi connectivity index (χ2v) is 6.18. The van der Waals surface area contributed by atoms with E-state index in [-0.39, 0.29) is 5.60 Å². The molecule has 0 spiro atoms. The Labute approximate surface area is 93.3 Å². The van der Waals surface area contributed by atoms with Gasteiger partial charge in [0.1, 0.15) is 0 Å². The van der Waals surface area contributed by atoms with Crippen molar-refractivity contribution in [2.75, 3.05) is 0 Å². The molecule has 0 aliphatic heterocycles. The maximum Gasteiger partial charge on any atom is 0.0711 e. The van der Waals surface area contributed by atoms with Gasteiger partial charge >= 0.3 is 0 Å². The second-order valence-electron chi connectivity index (χ2n) is 6.18. The minimum absolute atomic E-state index is 0.185. The highest BCUT2D eigenvalue weighted by atomic mass is 16.3. The van der Waals surface area contributed by atoms with E-state index in [1.807, 2.05) is 0 Å². The first-order chi connectivity index (χ1) is 7.31. The molecule has 0 heterocycles. The van der Waals surface area contributed by atoms with Crippen molar-refractivity contribution in [2.24, 2.45) is 17.8 Å². The fourth-order valence-corrected chi connectivity index (χ4v) is 4.33. The van der Waals surface area contributed by atoms with Gasteiger partial charge in [0, 0.05) is 0 Å². The molecule has 1 nitrogen and oxygen atoms in total. The monoisotopic (exact) mass is 208 g/mol. The van der Waals surface area contributed by atoms with Crippen molar-refractivity contribution in [2.45, 2.75) is 69.8 Å². The van der Waals surface area contributed by atoms with Crippen LogP contribution in [0.25, 0.3) is 0 Å². The third-order valence-electron chi connectivity index (χ3n) is 5.37. The summed E-state index contributed by atoms with van der Waals surface area (Å²) in [7, 11) is 0. The average Bonchev–Trinajstić information content (AvgIpc) is 2.71. The van der Waals surface area contributed by atoms with Gasteiger partial charge in [-0.2, -0.15) is 0 Å².